The Morgan fingerprint density at radius 2 is 1.63 bits per heavy atom. The van der Waals surface area contributed by atoms with Gasteiger partial charge in [0.05, 0.1) is 23.4 Å². The highest BCUT2D eigenvalue weighted by Gasteiger charge is 2.70. The molecule has 3 aromatic carbocycles. The van der Waals surface area contributed by atoms with Crippen LogP contribution in [-0.4, -0.2) is 45.9 Å². The van der Waals surface area contributed by atoms with Crippen molar-refractivity contribution in [1.29, 1.82) is 0 Å². The number of carbonyl (C=O) groups is 4. The second-order valence-electron chi connectivity index (χ2n) is 9.20. The molecule has 1 unspecified atom stereocenters. The number of rotatable bonds is 5. The summed E-state index contributed by atoms with van der Waals surface area (Å²) in [6, 6.07) is 17.9. The van der Waals surface area contributed by atoms with Gasteiger partial charge in [-0.2, -0.15) is 0 Å². The molecule has 2 amide bonds. The summed E-state index contributed by atoms with van der Waals surface area (Å²) in [5.74, 6) is -5.48. The van der Waals surface area contributed by atoms with Crippen LogP contribution in [0.2, 0.25) is 5.02 Å². The maximum atomic E-state index is 14.8. The van der Waals surface area contributed by atoms with Gasteiger partial charge in [-0.25, -0.2) is 4.79 Å². The van der Waals surface area contributed by atoms with E-state index in [-0.39, 0.29) is 34.8 Å². The molecule has 3 aromatic rings. The van der Waals surface area contributed by atoms with Crippen molar-refractivity contribution in [2.75, 3.05) is 16.4 Å². The molecule has 1 spiro atoms. The highest BCUT2D eigenvalue weighted by Crippen LogP contribution is 2.53. The van der Waals surface area contributed by atoms with E-state index in [1.807, 2.05) is 0 Å². The first-order valence-corrected chi connectivity index (χ1v) is 13.6. The largest absolute Gasteiger partial charge is 0.507 e. The van der Waals surface area contributed by atoms with Crippen LogP contribution in [0.15, 0.2) is 94.1 Å². The molecule has 2 N–H and O–H groups in total. The quantitative estimate of drug-likeness (QED) is 0.168. The fourth-order valence-electron chi connectivity index (χ4n) is 5.24. The molecule has 2 heterocycles. The fourth-order valence-corrected chi connectivity index (χ4v) is 5.64. The van der Waals surface area contributed by atoms with Crippen LogP contribution in [0.4, 0.5) is 11.4 Å². The number of halogens is 2. The maximum Gasteiger partial charge on any atom is 0.339 e. The number of nitrogens with zero attached hydrogens (tertiary/aromatic N) is 2. The first-order valence-electron chi connectivity index (χ1n) is 12.4. The molecule has 0 bridgehead atoms. The third kappa shape index (κ3) is 4.22. The summed E-state index contributed by atoms with van der Waals surface area (Å²) in [6.45, 7) is 2.95. The second kappa shape index (κ2) is 10.5. The predicted molar refractivity (Wildman–Crippen MR) is 155 cm³/mol. The number of Topliss-reactive ketones (excluding diaryl/α,β-unsaturated/α-hetero) is 1. The van der Waals surface area contributed by atoms with E-state index >= 15 is 0 Å². The van der Waals surface area contributed by atoms with Gasteiger partial charge < -0.3 is 14.9 Å². The molecule has 0 saturated carbocycles. The fraction of sp³-hybridized carbons (Fsp3) is 0.133. The van der Waals surface area contributed by atoms with Gasteiger partial charge >= 0.3 is 11.9 Å². The number of esters is 1. The Balaban J connectivity index is 1.93. The first-order chi connectivity index (χ1) is 19.5. The molecule has 9 nitrogen and oxygen atoms in total. The zero-order valence-electron chi connectivity index (χ0n) is 21.7. The van der Waals surface area contributed by atoms with Gasteiger partial charge in [0.2, 0.25) is 0 Å². The number of carbonyl (C=O) groups excluding carboxylic acids is 4. The predicted octanol–water partition coefficient (Wildman–Crippen LogP) is 5.32. The Morgan fingerprint density at radius 3 is 2.24 bits per heavy atom. The minimum absolute atomic E-state index is 0.0554. The number of benzene rings is 3. The molecule has 0 aromatic heterocycles. The number of aliphatic hydroxyl groups excluding tert-OH is 1. The van der Waals surface area contributed by atoms with Crippen LogP contribution in [0, 0.1) is 0 Å². The van der Waals surface area contributed by atoms with Gasteiger partial charge in [-0.3, -0.25) is 24.2 Å². The minimum atomic E-state index is -2.53. The smallest absolute Gasteiger partial charge is 0.339 e. The average molecular weight is 638 g/mol. The number of hydrogen-bond acceptors (Lipinski definition) is 7. The van der Waals surface area contributed by atoms with E-state index in [1.165, 1.54) is 67.6 Å². The molecular formula is C30H22BrClN2O7. The van der Waals surface area contributed by atoms with Crippen LogP contribution in [0.3, 0.4) is 0 Å². The second-order valence-corrected chi connectivity index (χ2v) is 10.5. The molecule has 0 radical (unpaired) electrons. The lowest BCUT2D eigenvalue weighted by Crippen LogP contribution is -2.57. The van der Waals surface area contributed by atoms with Crippen molar-refractivity contribution in [3.05, 3.63) is 105 Å². The Kier molecular flexibility index (Phi) is 7.23. The number of ketones is 1. The standard InChI is InChI=1S/C30H22BrClN2O7/c1-3-41-28(39)23-16(2)33(20-14-12-19(32)13-15-20)29(40)30(23)24(25(36)17-8-10-18(31)11-9-17)26(37)27(38)34(30)21-6-4-5-7-22(21)35/h4-15,35-36H,3H2,1-2H3. The normalized spacial score (nSPS) is 20.0. The third-order valence-electron chi connectivity index (χ3n) is 6.93. The first kappa shape index (κ1) is 28.1. The Morgan fingerprint density at radius 1 is 1.00 bits per heavy atom. The Hall–Kier alpha value is -4.41. The highest BCUT2D eigenvalue weighted by molar-refractivity contribution is 9.10. The van der Waals surface area contributed by atoms with Crippen LogP contribution in [0.25, 0.3) is 5.76 Å². The monoisotopic (exact) mass is 636 g/mol. The van der Waals surface area contributed by atoms with E-state index < -0.39 is 46.2 Å². The highest BCUT2D eigenvalue weighted by atomic mass is 79.9. The van der Waals surface area contributed by atoms with E-state index in [1.54, 1.807) is 19.1 Å². The summed E-state index contributed by atoms with van der Waals surface area (Å²) in [5, 5.41) is 22.8. The molecular weight excluding hydrogens is 616 g/mol. The molecule has 2 aliphatic heterocycles. The molecule has 5 rings (SSSR count). The van der Waals surface area contributed by atoms with Gasteiger partial charge in [0.1, 0.15) is 11.5 Å². The number of aliphatic hydroxyl groups is 1. The summed E-state index contributed by atoms with van der Waals surface area (Å²) in [7, 11) is 0. The molecule has 208 valence electrons. The van der Waals surface area contributed by atoms with Crippen molar-refractivity contribution in [2.24, 2.45) is 0 Å². The topological polar surface area (TPSA) is 124 Å². The molecule has 0 aliphatic carbocycles. The van der Waals surface area contributed by atoms with Gasteiger partial charge in [-0.1, -0.05) is 51.8 Å². The third-order valence-corrected chi connectivity index (χ3v) is 7.72. The van der Waals surface area contributed by atoms with Crippen LogP contribution in [-0.2, 0) is 23.9 Å². The van der Waals surface area contributed by atoms with Crippen molar-refractivity contribution in [3.8, 4) is 5.75 Å². The number of hydrogen-bond donors (Lipinski definition) is 2. The van der Waals surface area contributed by atoms with E-state index in [0.29, 0.717) is 9.50 Å². The lowest BCUT2D eigenvalue weighted by atomic mass is 9.80. The SMILES string of the molecule is CCOC(=O)C1=C(C)N(c2ccc(Cl)cc2)C(=O)C12C(=C(O)c1ccc(Br)cc1)C(=O)C(=O)N2c1ccccc1O. The number of allylic oxidation sites excluding steroid dienone is 1. The van der Waals surface area contributed by atoms with Crippen molar-refractivity contribution in [1.82, 2.24) is 0 Å². The number of anilines is 2. The molecule has 1 saturated heterocycles. The Labute approximate surface area is 248 Å². The molecule has 1 atom stereocenters. The van der Waals surface area contributed by atoms with Crippen LogP contribution >= 0.6 is 27.5 Å². The number of phenolic OH excluding ortho intramolecular Hbond substituents is 1. The van der Waals surface area contributed by atoms with E-state index in [9.17, 15) is 29.4 Å². The number of ether oxygens (including phenoxy) is 1. The van der Waals surface area contributed by atoms with E-state index in [4.69, 9.17) is 16.3 Å². The van der Waals surface area contributed by atoms with Gasteiger partial charge in [-0.15, -0.1) is 0 Å². The average Bonchev–Trinajstić information content (AvgIpc) is 3.30. The molecule has 1 fully saturated rings. The van der Waals surface area contributed by atoms with Gasteiger partial charge in [-0.05, 0) is 62.4 Å². The summed E-state index contributed by atoms with van der Waals surface area (Å²) in [4.78, 5) is 58.1. The molecule has 2 aliphatic rings. The van der Waals surface area contributed by atoms with E-state index in [0.717, 1.165) is 9.80 Å². The summed E-state index contributed by atoms with van der Waals surface area (Å²) >= 11 is 9.39. The van der Waals surface area contributed by atoms with E-state index in [2.05, 4.69) is 15.9 Å². The Bertz CT molecular complexity index is 1680. The van der Waals surface area contributed by atoms with Crippen LogP contribution < -0.4 is 9.80 Å². The minimum Gasteiger partial charge on any atom is -0.507 e. The molecule has 41 heavy (non-hydrogen) atoms. The van der Waals surface area contributed by atoms with Crippen molar-refractivity contribution in [3.63, 3.8) is 0 Å². The summed E-state index contributed by atoms with van der Waals surface area (Å²) in [6.07, 6.45) is 0. The number of aromatic hydroxyl groups is 1. The van der Waals surface area contributed by atoms with Gasteiger partial charge in [0.15, 0.2) is 5.54 Å². The lowest BCUT2D eigenvalue weighted by molar-refractivity contribution is -0.140. The van der Waals surface area contributed by atoms with Crippen LogP contribution in [0.1, 0.15) is 19.4 Å². The van der Waals surface area contributed by atoms with Crippen molar-refractivity contribution >= 4 is 68.2 Å². The van der Waals surface area contributed by atoms with Gasteiger partial charge in [0.25, 0.3) is 11.7 Å². The van der Waals surface area contributed by atoms with Crippen molar-refractivity contribution in [2.45, 2.75) is 19.4 Å². The van der Waals surface area contributed by atoms with Crippen molar-refractivity contribution < 1.29 is 34.1 Å². The van der Waals surface area contributed by atoms with Crippen LogP contribution in [0.5, 0.6) is 5.75 Å². The zero-order chi connectivity index (χ0) is 29.6. The number of amides is 2. The maximum absolute atomic E-state index is 14.8. The summed E-state index contributed by atoms with van der Waals surface area (Å²) in [5.41, 5.74) is -3.30. The van der Waals surface area contributed by atoms with Gasteiger partial charge in [0, 0.05) is 26.4 Å². The zero-order valence-corrected chi connectivity index (χ0v) is 24.1. The number of para-hydroxylation sites is 2. The lowest BCUT2D eigenvalue weighted by Gasteiger charge is -2.35. The molecule has 11 heteroatoms. The summed E-state index contributed by atoms with van der Waals surface area (Å²) < 4.78 is 6.02. The number of phenols is 1.